The Morgan fingerprint density at radius 3 is 2.29 bits per heavy atom. The largest absolute Gasteiger partial charge is 0.469 e. The number of nitrogens with zero attached hydrogens (tertiary/aromatic N) is 1. The number of methoxy groups -OCH3 is 1. The molecule has 0 saturated carbocycles. The second kappa shape index (κ2) is 6.40. The first-order chi connectivity index (χ1) is 8.08. The zero-order valence-electron chi connectivity index (χ0n) is 11.1. The molecule has 0 aromatic heterocycles. The second-order valence-corrected chi connectivity index (χ2v) is 4.35. The van der Waals surface area contributed by atoms with Crippen LogP contribution in [0.1, 0.15) is 30.5 Å². The quantitative estimate of drug-likeness (QED) is 0.734. The summed E-state index contributed by atoms with van der Waals surface area (Å²) >= 11 is 0. The third-order valence-electron chi connectivity index (χ3n) is 2.98. The Morgan fingerprint density at radius 1 is 1.29 bits per heavy atom. The monoisotopic (exact) mass is 235 g/mol. The van der Waals surface area contributed by atoms with E-state index in [1.54, 1.807) is 0 Å². The Bertz CT molecular complexity index is 357. The number of esters is 1. The number of hydrogen-bond acceptors (Lipinski definition) is 3. The van der Waals surface area contributed by atoms with Gasteiger partial charge in [-0.25, -0.2) is 0 Å². The van der Waals surface area contributed by atoms with Gasteiger partial charge in [-0.1, -0.05) is 31.2 Å². The van der Waals surface area contributed by atoms with Gasteiger partial charge in [0.05, 0.1) is 13.5 Å². The summed E-state index contributed by atoms with van der Waals surface area (Å²) in [5.41, 5.74) is 2.46. The van der Waals surface area contributed by atoms with Crippen LogP contribution in [-0.4, -0.2) is 32.1 Å². The van der Waals surface area contributed by atoms with Crippen LogP contribution >= 0.6 is 0 Å². The Labute approximate surface area is 103 Å². The molecular weight excluding hydrogens is 214 g/mol. The lowest BCUT2D eigenvalue weighted by Crippen LogP contribution is -2.23. The summed E-state index contributed by atoms with van der Waals surface area (Å²) in [6.07, 6.45) is 1.42. The van der Waals surface area contributed by atoms with E-state index in [0.717, 1.165) is 12.0 Å². The Hall–Kier alpha value is -1.35. The van der Waals surface area contributed by atoms with Gasteiger partial charge in [0.25, 0.3) is 0 Å². The molecule has 94 valence electrons. The molecule has 0 heterocycles. The minimum atomic E-state index is -0.178. The molecular formula is C14H21NO2. The Kier molecular flexibility index (Phi) is 5.16. The maximum absolute atomic E-state index is 11.4. The molecule has 3 nitrogen and oxygen atoms in total. The van der Waals surface area contributed by atoms with E-state index in [1.165, 1.54) is 12.7 Å². The number of carbonyl (C=O) groups is 1. The normalized spacial score (nSPS) is 12.5. The first-order valence-electron chi connectivity index (χ1n) is 5.90. The fourth-order valence-electron chi connectivity index (χ4n) is 1.82. The van der Waals surface area contributed by atoms with Crippen LogP contribution in [0.25, 0.3) is 0 Å². The van der Waals surface area contributed by atoms with Crippen LogP contribution in [-0.2, 0) is 16.0 Å². The lowest BCUT2D eigenvalue weighted by atomic mass is 10.0. The van der Waals surface area contributed by atoms with Crippen LogP contribution in [0.4, 0.5) is 0 Å². The maximum atomic E-state index is 11.4. The molecule has 0 radical (unpaired) electrons. The van der Waals surface area contributed by atoms with Crippen LogP contribution in [0.5, 0.6) is 0 Å². The van der Waals surface area contributed by atoms with Crippen LogP contribution in [0, 0.1) is 0 Å². The molecule has 0 N–H and O–H groups in total. The molecule has 0 amide bonds. The van der Waals surface area contributed by atoms with Gasteiger partial charge in [0.15, 0.2) is 0 Å². The summed E-state index contributed by atoms with van der Waals surface area (Å²) < 4.78 is 4.73. The number of carbonyl (C=O) groups excluding carboxylic acids is 1. The van der Waals surface area contributed by atoms with E-state index < -0.39 is 0 Å². The molecule has 0 aliphatic rings. The Balaban J connectivity index is 2.85. The minimum Gasteiger partial charge on any atom is -0.469 e. The van der Waals surface area contributed by atoms with Crippen LogP contribution in [0.15, 0.2) is 24.3 Å². The second-order valence-electron chi connectivity index (χ2n) is 4.35. The van der Waals surface area contributed by atoms with Crippen molar-refractivity contribution in [2.75, 3.05) is 21.2 Å². The number of aryl methyl sites for hydroxylation is 1. The highest BCUT2D eigenvalue weighted by molar-refractivity contribution is 5.70. The van der Waals surface area contributed by atoms with Crippen molar-refractivity contribution in [3.63, 3.8) is 0 Å². The van der Waals surface area contributed by atoms with Gasteiger partial charge in [-0.2, -0.15) is 0 Å². The van der Waals surface area contributed by atoms with Gasteiger partial charge in [-0.3, -0.25) is 4.79 Å². The molecule has 0 saturated heterocycles. The zero-order valence-corrected chi connectivity index (χ0v) is 11.1. The Morgan fingerprint density at radius 2 is 1.88 bits per heavy atom. The number of ether oxygens (including phenoxy) is 1. The fraction of sp³-hybridized carbons (Fsp3) is 0.500. The van der Waals surface area contributed by atoms with E-state index in [1.807, 2.05) is 19.0 Å². The molecule has 1 unspecified atom stereocenters. The van der Waals surface area contributed by atoms with Crippen LogP contribution < -0.4 is 0 Å². The van der Waals surface area contributed by atoms with Crippen LogP contribution in [0.2, 0.25) is 0 Å². The van der Waals surface area contributed by atoms with E-state index in [0.29, 0.717) is 6.42 Å². The lowest BCUT2D eigenvalue weighted by Gasteiger charge is -2.23. The standard InChI is InChI=1S/C14H21NO2/c1-5-11-6-8-12(9-7-11)13(15(2)3)10-14(16)17-4/h6-9,13H,5,10H2,1-4H3. The first-order valence-corrected chi connectivity index (χ1v) is 5.90. The molecule has 1 aromatic rings. The average molecular weight is 235 g/mol. The molecule has 0 spiro atoms. The third kappa shape index (κ3) is 3.86. The van der Waals surface area contributed by atoms with Crippen molar-refractivity contribution < 1.29 is 9.53 Å². The van der Waals surface area contributed by atoms with Gasteiger partial charge >= 0.3 is 5.97 Å². The molecule has 0 aliphatic carbocycles. The smallest absolute Gasteiger partial charge is 0.307 e. The van der Waals surface area contributed by atoms with E-state index in [4.69, 9.17) is 4.74 Å². The highest BCUT2D eigenvalue weighted by Gasteiger charge is 2.18. The number of benzene rings is 1. The number of hydrogen-bond donors (Lipinski definition) is 0. The molecule has 1 atom stereocenters. The predicted octanol–water partition coefficient (Wildman–Crippen LogP) is 2.41. The third-order valence-corrected chi connectivity index (χ3v) is 2.98. The van der Waals surface area contributed by atoms with Crippen molar-refractivity contribution in [3.8, 4) is 0 Å². The molecule has 1 rings (SSSR count). The topological polar surface area (TPSA) is 29.5 Å². The van der Waals surface area contributed by atoms with Gasteiger partial charge < -0.3 is 9.64 Å². The van der Waals surface area contributed by atoms with Crippen molar-refractivity contribution in [2.45, 2.75) is 25.8 Å². The predicted molar refractivity (Wildman–Crippen MR) is 68.9 cm³/mol. The molecule has 1 aromatic carbocycles. The highest BCUT2D eigenvalue weighted by atomic mass is 16.5. The van der Waals surface area contributed by atoms with Crippen molar-refractivity contribution in [2.24, 2.45) is 0 Å². The number of rotatable bonds is 5. The summed E-state index contributed by atoms with van der Waals surface area (Å²) in [5.74, 6) is -0.178. The van der Waals surface area contributed by atoms with Gasteiger partial charge in [-0.05, 0) is 31.6 Å². The summed E-state index contributed by atoms with van der Waals surface area (Å²) in [7, 11) is 5.37. The van der Waals surface area contributed by atoms with Gasteiger partial charge in [0, 0.05) is 6.04 Å². The zero-order chi connectivity index (χ0) is 12.8. The van der Waals surface area contributed by atoms with E-state index in [2.05, 4.69) is 31.2 Å². The SMILES string of the molecule is CCc1ccc(C(CC(=O)OC)N(C)C)cc1. The average Bonchev–Trinajstić information content (AvgIpc) is 2.35. The van der Waals surface area contributed by atoms with Gasteiger partial charge in [0.2, 0.25) is 0 Å². The molecule has 0 aliphatic heterocycles. The van der Waals surface area contributed by atoms with Gasteiger partial charge in [0.1, 0.15) is 0 Å². The van der Waals surface area contributed by atoms with E-state index >= 15 is 0 Å². The lowest BCUT2D eigenvalue weighted by molar-refractivity contribution is -0.141. The summed E-state index contributed by atoms with van der Waals surface area (Å²) in [6.45, 7) is 2.13. The van der Waals surface area contributed by atoms with E-state index in [9.17, 15) is 4.79 Å². The van der Waals surface area contributed by atoms with Crippen LogP contribution in [0.3, 0.4) is 0 Å². The fourth-order valence-corrected chi connectivity index (χ4v) is 1.82. The van der Waals surface area contributed by atoms with Gasteiger partial charge in [-0.15, -0.1) is 0 Å². The molecule has 17 heavy (non-hydrogen) atoms. The molecule has 0 fully saturated rings. The first kappa shape index (κ1) is 13.7. The van der Waals surface area contributed by atoms with Crippen molar-refractivity contribution in [1.29, 1.82) is 0 Å². The van der Waals surface area contributed by atoms with E-state index in [-0.39, 0.29) is 12.0 Å². The van der Waals surface area contributed by atoms with Crippen molar-refractivity contribution in [3.05, 3.63) is 35.4 Å². The summed E-state index contributed by atoms with van der Waals surface area (Å²) in [6, 6.07) is 8.49. The van der Waals surface area contributed by atoms with Crippen molar-refractivity contribution in [1.82, 2.24) is 4.90 Å². The minimum absolute atomic E-state index is 0.0772. The summed E-state index contributed by atoms with van der Waals surface area (Å²) in [5, 5.41) is 0. The molecule has 0 bridgehead atoms. The molecule has 3 heteroatoms. The maximum Gasteiger partial charge on any atom is 0.307 e. The summed E-state index contributed by atoms with van der Waals surface area (Å²) in [4.78, 5) is 13.4. The highest BCUT2D eigenvalue weighted by Crippen LogP contribution is 2.22. The van der Waals surface area contributed by atoms with Crippen molar-refractivity contribution >= 4 is 5.97 Å².